The van der Waals surface area contributed by atoms with E-state index in [4.69, 9.17) is 9.84 Å². The highest BCUT2D eigenvalue weighted by molar-refractivity contribution is 5.81. The van der Waals surface area contributed by atoms with E-state index in [0.717, 1.165) is 26.1 Å². The SMILES string of the molecule is CCn1nc(CC(C)C(C)NCCOC)c2ccccc21. The van der Waals surface area contributed by atoms with E-state index in [-0.39, 0.29) is 0 Å². The molecule has 4 nitrogen and oxygen atoms in total. The van der Waals surface area contributed by atoms with Crippen molar-refractivity contribution in [1.82, 2.24) is 15.1 Å². The largest absolute Gasteiger partial charge is 0.383 e. The summed E-state index contributed by atoms with van der Waals surface area (Å²) in [5.74, 6) is 0.533. The molecule has 0 saturated carbocycles. The van der Waals surface area contributed by atoms with Gasteiger partial charge < -0.3 is 10.1 Å². The Bertz CT molecular complexity index is 564. The third kappa shape index (κ3) is 3.83. The number of ether oxygens (including phenoxy) is 1. The minimum absolute atomic E-state index is 0.450. The second-order valence-electron chi connectivity index (χ2n) is 5.70. The Kier molecular flexibility index (Phi) is 5.76. The monoisotopic (exact) mass is 289 g/mol. The molecule has 1 aromatic heterocycles. The minimum Gasteiger partial charge on any atom is -0.383 e. The fraction of sp³-hybridized carbons (Fsp3) is 0.588. The smallest absolute Gasteiger partial charge is 0.0706 e. The second kappa shape index (κ2) is 7.57. The van der Waals surface area contributed by atoms with Gasteiger partial charge in [-0.15, -0.1) is 0 Å². The normalized spacial score (nSPS) is 14.5. The van der Waals surface area contributed by atoms with Crippen LogP contribution in [0.2, 0.25) is 0 Å². The minimum atomic E-state index is 0.450. The highest BCUT2D eigenvalue weighted by atomic mass is 16.5. The molecule has 2 aromatic rings. The molecule has 2 rings (SSSR count). The van der Waals surface area contributed by atoms with Crippen LogP contribution in [0, 0.1) is 5.92 Å². The van der Waals surface area contributed by atoms with E-state index >= 15 is 0 Å². The van der Waals surface area contributed by atoms with Crippen LogP contribution in [0.4, 0.5) is 0 Å². The van der Waals surface area contributed by atoms with Crippen molar-refractivity contribution in [2.75, 3.05) is 20.3 Å². The Morgan fingerprint density at radius 3 is 2.76 bits per heavy atom. The lowest BCUT2D eigenvalue weighted by molar-refractivity contribution is 0.192. The van der Waals surface area contributed by atoms with Crippen molar-refractivity contribution in [1.29, 1.82) is 0 Å². The summed E-state index contributed by atoms with van der Waals surface area (Å²) in [5, 5.41) is 9.59. The molecule has 1 heterocycles. The van der Waals surface area contributed by atoms with Gasteiger partial charge in [-0.05, 0) is 32.3 Å². The number of nitrogens with one attached hydrogen (secondary N) is 1. The summed E-state index contributed by atoms with van der Waals surface area (Å²) < 4.78 is 7.19. The van der Waals surface area contributed by atoms with Crippen molar-refractivity contribution in [2.45, 2.75) is 39.8 Å². The van der Waals surface area contributed by atoms with Crippen LogP contribution in [0.15, 0.2) is 24.3 Å². The Hall–Kier alpha value is -1.39. The summed E-state index contributed by atoms with van der Waals surface area (Å²) in [7, 11) is 1.74. The first-order chi connectivity index (χ1) is 10.2. The quantitative estimate of drug-likeness (QED) is 0.760. The third-order valence-corrected chi connectivity index (χ3v) is 4.18. The maximum Gasteiger partial charge on any atom is 0.0706 e. The molecule has 0 radical (unpaired) electrons. The zero-order chi connectivity index (χ0) is 15.2. The topological polar surface area (TPSA) is 39.1 Å². The standard InChI is InChI=1S/C17H27N3O/c1-5-20-17-9-7-6-8-15(17)16(19-20)12-13(2)14(3)18-10-11-21-4/h6-9,13-14,18H,5,10-12H2,1-4H3. The van der Waals surface area contributed by atoms with Gasteiger partial charge in [0.2, 0.25) is 0 Å². The molecule has 2 atom stereocenters. The molecule has 1 N–H and O–H groups in total. The second-order valence-corrected chi connectivity index (χ2v) is 5.70. The lowest BCUT2D eigenvalue weighted by Crippen LogP contribution is -2.35. The van der Waals surface area contributed by atoms with Gasteiger partial charge in [0.25, 0.3) is 0 Å². The van der Waals surface area contributed by atoms with Crippen molar-refractivity contribution < 1.29 is 4.74 Å². The summed E-state index contributed by atoms with van der Waals surface area (Å²) in [6.07, 6.45) is 0.995. The number of benzene rings is 1. The number of rotatable bonds is 8. The van der Waals surface area contributed by atoms with Crippen LogP contribution in [0.5, 0.6) is 0 Å². The number of aromatic nitrogens is 2. The molecular formula is C17H27N3O. The van der Waals surface area contributed by atoms with Crippen LogP contribution in [0.3, 0.4) is 0 Å². The van der Waals surface area contributed by atoms with Crippen LogP contribution >= 0.6 is 0 Å². The van der Waals surface area contributed by atoms with Crippen molar-refractivity contribution in [3.8, 4) is 0 Å². The van der Waals surface area contributed by atoms with Gasteiger partial charge in [-0.3, -0.25) is 4.68 Å². The molecule has 21 heavy (non-hydrogen) atoms. The highest BCUT2D eigenvalue weighted by Crippen LogP contribution is 2.22. The summed E-state index contributed by atoms with van der Waals surface area (Å²) in [6.45, 7) is 9.22. The summed E-state index contributed by atoms with van der Waals surface area (Å²) in [5.41, 5.74) is 2.45. The predicted octanol–water partition coefficient (Wildman–Crippen LogP) is 2.86. The van der Waals surface area contributed by atoms with Crippen LogP contribution in [0.1, 0.15) is 26.5 Å². The Labute approximate surface area is 127 Å². The molecule has 0 aliphatic carbocycles. The maximum absolute atomic E-state index is 5.09. The van der Waals surface area contributed by atoms with Crippen molar-refractivity contribution in [3.63, 3.8) is 0 Å². The Morgan fingerprint density at radius 2 is 2.05 bits per heavy atom. The van der Waals surface area contributed by atoms with Gasteiger partial charge in [-0.2, -0.15) is 5.10 Å². The summed E-state index contributed by atoms with van der Waals surface area (Å²) in [6, 6.07) is 8.96. The van der Waals surface area contributed by atoms with E-state index < -0.39 is 0 Å². The number of nitrogens with zero attached hydrogens (tertiary/aromatic N) is 2. The molecular weight excluding hydrogens is 262 g/mol. The highest BCUT2D eigenvalue weighted by Gasteiger charge is 2.16. The molecule has 0 fully saturated rings. The van der Waals surface area contributed by atoms with Crippen molar-refractivity contribution >= 4 is 10.9 Å². The van der Waals surface area contributed by atoms with Gasteiger partial charge in [0.1, 0.15) is 0 Å². The fourth-order valence-electron chi connectivity index (χ4n) is 2.66. The van der Waals surface area contributed by atoms with E-state index in [0.29, 0.717) is 12.0 Å². The van der Waals surface area contributed by atoms with E-state index in [1.165, 1.54) is 16.6 Å². The lowest BCUT2D eigenvalue weighted by atomic mass is 9.96. The van der Waals surface area contributed by atoms with Crippen molar-refractivity contribution in [2.24, 2.45) is 5.92 Å². The first-order valence-electron chi connectivity index (χ1n) is 7.84. The molecule has 0 amide bonds. The molecule has 0 spiro atoms. The average Bonchev–Trinajstić information content (AvgIpc) is 2.85. The average molecular weight is 289 g/mol. The zero-order valence-electron chi connectivity index (χ0n) is 13.6. The van der Waals surface area contributed by atoms with Gasteiger partial charge in [0.05, 0.1) is 17.8 Å². The number of hydrogen-bond acceptors (Lipinski definition) is 3. The number of hydrogen-bond donors (Lipinski definition) is 1. The molecule has 0 aliphatic rings. The third-order valence-electron chi connectivity index (χ3n) is 4.18. The van der Waals surface area contributed by atoms with E-state index in [1.807, 2.05) is 0 Å². The van der Waals surface area contributed by atoms with Crippen molar-refractivity contribution in [3.05, 3.63) is 30.0 Å². The van der Waals surface area contributed by atoms with E-state index in [1.54, 1.807) is 7.11 Å². The predicted molar refractivity (Wildman–Crippen MR) is 87.6 cm³/mol. The first-order valence-corrected chi connectivity index (χ1v) is 7.84. The molecule has 116 valence electrons. The molecule has 0 saturated heterocycles. The van der Waals surface area contributed by atoms with Crippen LogP contribution in [0.25, 0.3) is 10.9 Å². The molecule has 1 aromatic carbocycles. The van der Waals surface area contributed by atoms with Gasteiger partial charge >= 0.3 is 0 Å². The van der Waals surface area contributed by atoms with E-state index in [2.05, 4.69) is 55.0 Å². The van der Waals surface area contributed by atoms with Crippen LogP contribution in [-0.4, -0.2) is 36.1 Å². The number of para-hydroxylation sites is 1. The summed E-state index contributed by atoms with van der Waals surface area (Å²) in [4.78, 5) is 0. The van der Waals surface area contributed by atoms with Crippen LogP contribution < -0.4 is 5.32 Å². The summed E-state index contributed by atoms with van der Waals surface area (Å²) >= 11 is 0. The number of methoxy groups -OCH3 is 1. The molecule has 0 bridgehead atoms. The molecule has 4 heteroatoms. The zero-order valence-corrected chi connectivity index (χ0v) is 13.6. The first kappa shape index (κ1) is 16.0. The van der Waals surface area contributed by atoms with Gasteiger partial charge in [-0.25, -0.2) is 0 Å². The lowest BCUT2D eigenvalue weighted by Gasteiger charge is -2.20. The Balaban J connectivity index is 2.08. The van der Waals surface area contributed by atoms with Crippen LogP contribution in [-0.2, 0) is 17.7 Å². The number of aryl methyl sites for hydroxylation is 1. The van der Waals surface area contributed by atoms with Gasteiger partial charge in [-0.1, -0.05) is 25.1 Å². The van der Waals surface area contributed by atoms with Gasteiger partial charge in [0.15, 0.2) is 0 Å². The fourth-order valence-corrected chi connectivity index (χ4v) is 2.66. The van der Waals surface area contributed by atoms with E-state index in [9.17, 15) is 0 Å². The number of fused-ring (bicyclic) bond motifs is 1. The maximum atomic E-state index is 5.09. The molecule has 2 unspecified atom stereocenters. The van der Waals surface area contributed by atoms with Gasteiger partial charge in [0, 0.05) is 31.6 Å². The molecule has 0 aliphatic heterocycles. The Morgan fingerprint density at radius 1 is 1.29 bits per heavy atom.